The van der Waals surface area contributed by atoms with E-state index in [4.69, 9.17) is 0 Å². The first-order valence-electron chi connectivity index (χ1n) is 9.10. The first-order chi connectivity index (χ1) is 12.6. The molecule has 0 atom stereocenters. The molecule has 2 aromatic rings. The third-order valence-electron chi connectivity index (χ3n) is 4.70. The van der Waals surface area contributed by atoms with E-state index in [0.717, 1.165) is 41.8 Å². The van der Waals surface area contributed by atoms with Gasteiger partial charge in [0.1, 0.15) is 10.7 Å². The second kappa shape index (κ2) is 9.01. The minimum Gasteiger partial charge on any atom is -0.344 e. The number of rotatable bonds is 8. The van der Waals surface area contributed by atoms with Crippen LogP contribution in [0.3, 0.4) is 0 Å². The average molecular weight is 395 g/mol. The molecule has 2 aromatic heterocycles. The summed E-state index contributed by atoms with van der Waals surface area (Å²) in [5, 5.41) is 3.85. The zero-order valence-electron chi connectivity index (χ0n) is 15.4. The number of thioether (sulfide) groups is 1. The fourth-order valence-electron chi connectivity index (χ4n) is 3.20. The number of aromatic amines is 1. The van der Waals surface area contributed by atoms with Gasteiger partial charge in [-0.2, -0.15) is 11.8 Å². The quantitative estimate of drug-likeness (QED) is 0.671. The van der Waals surface area contributed by atoms with Crippen LogP contribution in [-0.2, 0) is 23.4 Å². The number of thiophene rings is 1. The van der Waals surface area contributed by atoms with Gasteiger partial charge in [0.25, 0.3) is 5.56 Å². The first kappa shape index (κ1) is 19.4. The number of hydrogen-bond donors (Lipinski definition) is 2. The SMILES string of the molecule is CNCCN(C)C(=O)CCSCc1nc2sc3c(c2c(=O)[nH]1)CCCC3. The van der Waals surface area contributed by atoms with Gasteiger partial charge >= 0.3 is 0 Å². The molecule has 2 N–H and O–H groups in total. The van der Waals surface area contributed by atoms with Gasteiger partial charge < -0.3 is 15.2 Å². The number of fused-ring (bicyclic) bond motifs is 3. The summed E-state index contributed by atoms with van der Waals surface area (Å²) in [5.41, 5.74) is 1.22. The van der Waals surface area contributed by atoms with Crippen molar-refractivity contribution in [1.82, 2.24) is 20.2 Å². The van der Waals surface area contributed by atoms with E-state index in [9.17, 15) is 9.59 Å². The Labute approximate surface area is 161 Å². The van der Waals surface area contributed by atoms with Crippen molar-refractivity contribution in [2.24, 2.45) is 0 Å². The van der Waals surface area contributed by atoms with Crippen molar-refractivity contribution in [3.8, 4) is 0 Å². The number of aromatic nitrogens is 2. The zero-order valence-corrected chi connectivity index (χ0v) is 17.0. The monoisotopic (exact) mass is 394 g/mol. The Morgan fingerprint density at radius 1 is 1.38 bits per heavy atom. The summed E-state index contributed by atoms with van der Waals surface area (Å²) >= 11 is 3.31. The molecule has 0 bridgehead atoms. The van der Waals surface area contributed by atoms with Gasteiger partial charge in [-0.3, -0.25) is 9.59 Å². The van der Waals surface area contributed by atoms with Crippen molar-refractivity contribution < 1.29 is 4.79 Å². The molecular weight excluding hydrogens is 368 g/mol. The summed E-state index contributed by atoms with van der Waals surface area (Å²) in [6, 6.07) is 0. The highest BCUT2D eigenvalue weighted by molar-refractivity contribution is 7.98. The van der Waals surface area contributed by atoms with Crippen molar-refractivity contribution in [3.63, 3.8) is 0 Å². The molecule has 142 valence electrons. The van der Waals surface area contributed by atoms with E-state index in [2.05, 4.69) is 15.3 Å². The molecule has 1 aliphatic carbocycles. The summed E-state index contributed by atoms with van der Waals surface area (Å²) in [6.07, 6.45) is 4.94. The van der Waals surface area contributed by atoms with Crippen molar-refractivity contribution in [2.75, 3.05) is 32.9 Å². The maximum Gasteiger partial charge on any atom is 0.259 e. The molecule has 0 radical (unpaired) electrons. The molecule has 3 rings (SSSR count). The molecular formula is C18H26N4O2S2. The topological polar surface area (TPSA) is 78.1 Å². The lowest BCUT2D eigenvalue weighted by Gasteiger charge is -2.16. The van der Waals surface area contributed by atoms with E-state index in [1.54, 1.807) is 28.0 Å². The minimum atomic E-state index is -0.00660. The Hall–Kier alpha value is -1.38. The normalized spacial score (nSPS) is 13.8. The van der Waals surface area contributed by atoms with Crippen LogP contribution in [0.25, 0.3) is 10.2 Å². The molecule has 0 fully saturated rings. The number of hydrogen-bond acceptors (Lipinski definition) is 6. The van der Waals surface area contributed by atoms with Gasteiger partial charge in [-0.25, -0.2) is 4.98 Å². The molecule has 0 unspecified atom stereocenters. The minimum absolute atomic E-state index is 0.00660. The van der Waals surface area contributed by atoms with Crippen LogP contribution >= 0.6 is 23.1 Å². The predicted molar refractivity (Wildman–Crippen MR) is 109 cm³/mol. The molecule has 6 nitrogen and oxygen atoms in total. The van der Waals surface area contributed by atoms with Gasteiger partial charge in [0, 0.05) is 37.2 Å². The molecule has 0 saturated heterocycles. The molecule has 8 heteroatoms. The van der Waals surface area contributed by atoms with Crippen LogP contribution in [-0.4, -0.2) is 53.7 Å². The van der Waals surface area contributed by atoms with E-state index >= 15 is 0 Å². The predicted octanol–water partition coefficient (Wildman–Crippen LogP) is 2.16. The second-order valence-corrected chi connectivity index (χ2v) is 8.81. The maximum atomic E-state index is 12.5. The number of likely N-dealkylation sites (N-methyl/N-ethyl adjacent to an activating group) is 2. The van der Waals surface area contributed by atoms with Gasteiger partial charge in [-0.15, -0.1) is 11.3 Å². The summed E-state index contributed by atoms with van der Waals surface area (Å²) in [5.74, 6) is 2.21. The van der Waals surface area contributed by atoms with Crippen molar-refractivity contribution in [3.05, 3.63) is 26.6 Å². The lowest BCUT2D eigenvalue weighted by Crippen LogP contribution is -2.32. The van der Waals surface area contributed by atoms with Gasteiger partial charge in [0.2, 0.25) is 5.91 Å². The summed E-state index contributed by atoms with van der Waals surface area (Å²) in [4.78, 5) is 36.1. The Morgan fingerprint density at radius 3 is 3.00 bits per heavy atom. The fourth-order valence-corrected chi connectivity index (χ4v) is 5.27. The van der Waals surface area contributed by atoms with E-state index < -0.39 is 0 Å². The number of aryl methyl sites for hydroxylation is 2. The Balaban J connectivity index is 1.56. The summed E-state index contributed by atoms with van der Waals surface area (Å²) in [6.45, 7) is 1.51. The van der Waals surface area contributed by atoms with Crippen LogP contribution in [0.4, 0.5) is 0 Å². The van der Waals surface area contributed by atoms with Gasteiger partial charge in [0.05, 0.1) is 11.1 Å². The lowest BCUT2D eigenvalue weighted by atomic mass is 9.97. The van der Waals surface area contributed by atoms with Crippen molar-refractivity contribution in [1.29, 1.82) is 0 Å². The third kappa shape index (κ3) is 4.47. The highest BCUT2D eigenvalue weighted by atomic mass is 32.2. The highest BCUT2D eigenvalue weighted by Crippen LogP contribution is 2.33. The lowest BCUT2D eigenvalue weighted by molar-refractivity contribution is -0.129. The molecule has 1 aliphatic rings. The van der Waals surface area contributed by atoms with Gasteiger partial charge in [-0.1, -0.05) is 0 Å². The largest absolute Gasteiger partial charge is 0.344 e. The molecule has 0 aromatic carbocycles. The van der Waals surface area contributed by atoms with Crippen LogP contribution < -0.4 is 10.9 Å². The van der Waals surface area contributed by atoms with Gasteiger partial charge in [0.15, 0.2) is 0 Å². The number of H-pyrrole nitrogens is 1. The third-order valence-corrected chi connectivity index (χ3v) is 6.85. The number of nitrogens with one attached hydrogen (secondary N) is 2. The number of carbonyl (C=O) groups excluding carboxylic acids is 1. The number of nitrogens with zero attached hydrogens (tertiary/aromatic N) is 2. The molecule has 1 amide bonds. The Bertz CT molecular complexity index is 830. The molecule has 0 saturated carbocycles. The number of amides is 1. The fraction of sp³-hybridized carbons (Fsp3) is 0.611. The summed E-state index contributed by atoms with van der Waals surface area (Å²) < 4.78 is 0. The van der Waals surface area contributed by atoms with E-state index in [1.165, 1.54) is 16.9 Å². The first-order valence-corrected chi connectivity index (χ1v) is 11.1. The van der Waals surface area contributed by atoms with Crippen LogP contribution in [0, 0.1) is 0 Å². The smallest absolute Gasteiger partial charge is 0.259 e. The Kier molecular flexibility index (Phi) is 6.72. The molecule has 26 heavy (non-hydrogen) atoms. The van der Waals surface area contributed by atoms with E-state index in [-0.39, 0.29) is 11.5 Å². The zero-order chi connectivity index (χ0) is 18.5. The van der Waals surface area contributed by atoms with E-state index in [1.807, 2.05) is 14.1 Å². The number of carbonyl (C=O) groups is 1. The van der Waals surface area contributed by atoms with Crippen LogP contribution in [0.15, 0.2) is 4.79 Å². The van der Waals surface area contributed by atoms with Crippen molar-refractivity contribution in [2.45, 2.75) is 37.9 Å². The average Bonchev–Trinajstić information content (AvgIpc) is 3.01. The van der Waals surface area contributed by atoms with Gasteiger partial charge in [-0.05, 0) is 38.3 Å². The maximum absolute atomic E-state index is 12.5. The summed E-state index contributed by atoms with van der Waals surface area (Å²) in [7, 11) is 3.71. The molecule has 0 spiro atoms. The highest BCUT2D eigenvalue weighted by Gasteiger charge is 2.19. The Morgan fingerprint density at radius 2 is 2.19 bits per heavy atom. The standard InChI is InChI=1S/C18H26N4O2S2/c1-19-8-9-22(2)15(23)7-10-25-11-14-20-17(24)16-12-5-3-4-6-13(12)26-18(16)21-14/h19H,3-11H2,1-2H3,(H,20,21,24). The second-order valence-electron chi connectivity index (χ2n) is 6.63. The molecule has 0 aliphatic heterocycles. The van der Waals surface area contributed by atoms with Crippen LogP contribution in [0.1, 0.15) is 35.5 Å². The van der Waals surface area contributed by atoms with Crippen LogP contribution in [0.5, 0.6) is 0 Å². The molecule has 2 heterocycles. The van der Waals surface area contributed by atoms with Crippen LogP contribution in [0.2, 0.25) is 0 Å². The van der Waals surface area contributed by atoms with E-state index in [0.29, 0.717) is 24.5 Å². The van der Waals surface area contributed by atoms with Crippen molar-refractivity contribution >= 4 is 39.2 Å².